The number of ether oxygens (including phenoxy) is 1. The van der Waals surface area contributed by atoms with Gasteiger partial charge in [0, 0.05) is 23.0 Å². The minimum Gasteiger partial charge on any atom is -0.465 e. The van der Waals surface area contributed by atoms with Crippen LogP contribution in [0.25, 0.3) is 0 Å². The first-order chi connectivity index (χ1) is 11.2. The third kappa shape index (κ3) is 4.41. The molecule has 132 valence electrons. The van der Waals surface area contributed by atoms with Crippen LogP contribution in [0.2, 0.25) is 0 Å². The normalized spacial score (nSPS) is 20.8. The number of carboxylic acid groups (broad SMARTS) is 1. The van der Waals surface area contributed by atoms with Crippen LogP contribution in [0.1, 0.15) is 27.2 Å². The molecule has 6 nitrogen and oxygen atoms in total. The molecule has 1 aromatic carbocycles. The van der Waals surface area contributed by atoms with E-state index in [1.165, 1.54) is 4.90 Å². The highest BCUT2D eigenvalue weighted by Crippen LogP contribution is 2.37. The maximum Gasteiger partial charge on any atom is 0.411 e. The third-order valence-corrected chi connectivity index (χ3v) is 4.89. The number of amides is 2. The van der Waals surface area contributed by atoms with Crippen LogP contribution in [0.5, 0.6) is 0 Å². The molecule has 1 saturated heterocycles. The Hall–Kier alpha value is -1.76. The number of anilines is 1. The summed E-state index contributed by atoms with van der Waals surface area (Å²) in [6.45, 7) is 6.69. The Labute approximate surface area is 150 Å². The van der Waals surface area contributed by atoms with Gasteiger partial charge in [0.25, 0.3) is 0 Å². The quantitative estimate of drug-likeness (QED) is 0.789. The first-order valence-electron chi connectivity index (χ1n) is 7.88. The van der Waals surface area contributed by atoms with E-state index in [2.05, 4.69) is 21.2 Å². The number of hydrogen-bond acceptors (Lipinski definition) is 3. The second-order valence-electron chi connectivity index (χ2n) is 7.04. The van der Waals surface area contributed by atoms with Gasteiger partial charge in [0.1, 0.15) is 0 Å². The number of nitrogens with one attached hydrogen (secondary N) is 1. The Kier molecular flexibility index (Phi) is 5.74. The minimum atomic E-state index is -0.921. The van der Waals surface area contributed by atoms with Crippen LogP contribution in [0, 0.1) is 11.3 Å². The largest absolute Gasteiger partial charge is 0.465 e. The van der Waals surface area contributed by atoms with Crippen molar-refractivity contribution in [2.45, 2.75) is 33.2 Å². The monoisotopic (exact) mass is 398 g/mol. The smallest absolute Gasteiger partial charge is 0.411 e. The number of carbonyl (C=O) groups excluding carboxylic acids is 1. The van der Waals surface area contributed by atoms with E-state index in [0.29, 0.717) is 18.7 Å². The van der Waals surface area contributed by atoms with Gasteiger partial charge in [-0.3, -0.25) is 5.32 Å². The summed E-state index contributed by atoms with van der Waals surface area (Å²) in [5.41, 5.74) is 0.412. The number of benzene rings is 1. The predicted octanol–water partition coefficient (Wildman–Crippen LogP) is 4.41. The molecule has 2 atom stereocenters. The van der Waals surface area contributed by atoms with Gasteiger partial charge in [-0.05, 0) is 39.9 Å². The molecular weight excluding hydrogens is 376 g/mol. The first kappa shape index (κ1) is 18.6. The number of rotatable bonds is 3. The molecule has 1 heterocycles. The molecule has 2 N–H and O–H groups in total. The Bertz CT molecular complexity index is 615. The van der Waals surface area contributed by atoms with E-state index in [-0.39, 0.29) is 24.0 Å². The maximum atomic E-state index is 12.0. The van der Waals surface area contributed by atoms with Crippen LogP contribution < -0.4 is 5.32 Å². The standard InChI is InChI=1S/C17H23BrN2O4/c1-17(2,3)14-11(8-9-20(14)16(22)23)10-24-15(21)19-13-7-5-4-6-12(13)18/h4-7,11,14H,8-10H2,1-3H3,(H,19,21)(H,22,23)/t11?,14-/m1/s1. The van der Waals surface area contributed by atoms with Crippen molar-refractivity contribution in [3.63, 3.8) is 0 Å². The summed E-state index contributed by atoms with van der Waals surface area (Å²) in [5.74, 6) is -0.00827. The minimum absolute atomic E-state index is 0.00827. The molecule has 1 aliphatic rings. The molecule has 24 heavy (non-hydrogen) atoms. The summed E-state index contributed by atoms with van der Waals surface area (Å²) in [4.78, 5) is 24.9. The van der Waals surface area contributed by atoms with Crippen molar-refractivity contribution in [1.29, 1.82) is 0 Å². The van der Waals surface area contributed by atoms with Gasteiger partial charge in [-0.1, -0.05) is 32.9 Å². The number of halogens is 1. The lowest BCUT2D eigenvalue weighted by Crippen LogP contribution is -2.46. The Morgan fingerprint density at radius 1 is 1.38 bits per heavy atom. The summed E-state index contributed by atoms with van der Waals surface area (Å²) in [7, 11) is 0. The molecule has 2 rings (SSSR count). The van der Waals surface area contributed by atoms with Gasteiger partial charge >= 0.3 is 12.2 Å². The zero-order valence-electron chi connectivity index (χ0n) is 14.1. The van der Waals surface area contributed by atoms with Gasteiger partial charge in [-0.15, -0.1) is 0 Å². The molecule has 0 aromatic heterocycles. The van der Waals surface area contributed by atoms with E-state index in [1.807, 2.05) is 39.0 Å². The summed E-state index contributed by atoms with van der Waals surface area (Å²) in [6, 6.07) is 7.09. The molecule has 7 heteroatoms. The second kappa shape index (κ2) is 7.42. The first-order valence-corrected chi connectivity index (χ1v) is 8.67. The zero-order valence-corrected chi connectivity index (χ0v) is 15.7. The fraction of sp³-hybridized carbons (Fsp3) is 0.529. The van der Waals surface area contributed by atoms with Gasteiger partial charge in [-0.25, -0.2) is 9.59 Å². The number of hydrogen-bond donors (Lipinski definition) is 2. The number of para-hydroxylation sites is 1. The molecule has 0 spiro atoms. The van der Waals surface area contributed by atoms with E-state index >= 15 is 0 Å². The number of likely N-dealkylation sites (tertiary alicyclic amines) is 1. The van der Waals surface area contributed by atoms with E-state index < -0.39 is 12.2 Å². The Balaban J connectivity index is 1.96. The second-order valence-corrected chi connectivity index (χ2v) is 7.89. The van der Waals surface area contributed by atoms with Gasteiger partial charge in [0.15, 0.2) is 0 Å². The van der Waals surface area contributed by atoms with Gasteiger partial charge < -0.3 is 14.7 Å². The van der Waals surface area contributed by atoms with Crippen molar-refractivity contribution < 1.29 is 19.4 Å². The molecule has 1 aromatic rings. The summed E-state index contributed by atoms with van der Waals surface area (Å²) >= 11 is 3.36. The van der Waals surface area contributed by atoms with Crippen LogP contribution in [0.15, 0.2) is 28.7 Å². The average Bonchev–Trinajstić information content (AvgIpc) is 2.92. The molecular formula is C17H23BrN2O4. The average molecular weight is 399 g/mol. The van der Waals surface area contributed by atoms with Crippen molar-refractivity contribution in [3.8, 4) is 0 Å². The SMILES string of the molecule is CC(C)(C)[C@H]1C(COC(=O)Nc2ccccc2Br)CCN1C(=O)O. The molecule has 2 amide bonds. The van der Waals surface area contributed by atoms with Crippen molar-refractivity contribution >= 4 is 33.8 Å². The Morgan fingerprint density at radius 3 is 2.62 bits per heavy atom. The lowest BCUT2D eigenvalue weighted by atomic mass is 9.80. The molecule has 0 aliphatic carbocycles. The third-order valence-electron chi connectivity index (χ3n) is 4.20. The maximum absolute atomic E-state index is 12.0. The van der Waals surface area contributed by atoms with Crippen molar-refractivity contribution in [2.75, 3.05) is 18.5 Å². The number of nitrogens with zero attached hydrogens (tertiary/aromatic N) is 1. The van der Waals surface area contributed by atoms with Crippen LogP contribution in [0.3, 0.4) is 0 Å². The molecule has 0 saturated carbocycles. The highest BCUT2D eigenvalue weighted by atomic mass is 79.9. The van der Waals surface area contributed by atoms with Gasteiger partial charge in [0.05, 0.1) is 12.3 Å². The molecule has 1 aliphatic heterocycles. The van der Waals surface area contributed by atoms with E-state index in [4.69, 9.17) is 4.74 Å². The summed E-state index contributed by atoms with van der Waals surface area (Å²) in [6.07, 6.45) is -0.769. The lowest BCUT2D eigenvalue weighted by Gasteiger charge is -2.36. The molecule has 1 fully saturated rings. The van der Waals surface area contributed by atoms with Crippen molar-refractivity contribution in [3.05, 3.63) is 28.7 Å². The lowest BCUT2D eigenvalue weighted by molar-refractivity contribution is 0.0686. The zero-order chi connectivity index (χ0) is 17.9. The topological polar surface area (TPSA) is 78.9 Å². The molecule has 1 unspecified atom stereocenters. The highest BCUT2D eigenvalue weighted by Gasteiger charge is 2.44. The van der Waals surface area contributed by atoms with Crippen molar-refractivity contribution in [2.24, 2.45) is 11.3 Å². The fourth-order valence-corrected chi connectivity index (χ4v) is 3.70. The predicted molar refractivity (Wildman–Crippen MR) is 95.2 cm³/mol. The molecule has 0 bridgehead atoms. The number of carbonyl (C=O) groups is 2. The van der Waals surface area contributed by atoms with Crippen LogP contribution in [0.4, 0.5) is 15.3 Å². The van der Waals surface area contributed by atoms with E-state index in [1.54, 1.807) is 6.07 Å². The van der Waals surface area contributed by atoms with Gasteiger partial charge in [0.2, 0.25) is 0 Å². The van der Waals surface area contributed by atoms with Crippen LogP contribution >= 0.6 is 15.9 Å². The van der Waals surface area contributed by atoms with E-state index in [0.717, 1.165) is 4.47 Å². The highest BCUT2D eigenvalue weighted by molar-refractivity contribution is 9.10. The fourth-order valence-electron chi connectivity index (χ4n) is 3.31. The van der Waals surface area contributed by atoms with E-state index in [9.17, 15) is 14.7 Å². The summed E-state index contributed by atoms with van der Waals surface area (Å²) < 4.78 is 6.12. The van der Waals surface area contributed by atoms with Crippen molar-refractivity contribution in [1.82, 2.24) is 4.90 Å². The van der Waals surface area contributed by atoms with Gasteiger partial charge in [-0.2, -0.15) is 0 Å². The molecule has 0 radical (unpaired) electrons. The summed E-state index contributed by atoms with van der Waals surface area (Å²) in [5, 5.41) is 12.1. The van der Waals surface area contributed by atoms with Crippen LogP contribution in [-0.4, -0.2) is 41.4 Å². The Morgan fingerprint density at radius 2 is 2.04 bits per heavy atom. The van der Waals surface area contributed by atoms with Crippen LogP contribution in [-0.2, 0) is 4.74 Å².